The van der Waals surface area contributed by atoms with Crippen LogP contribution < -0.4 is 5.11 Å². The molecule has 1 heterocycles. The molecule has 0 aliphatic rings. The minimum atomic E-state index is -1.06. The summed E-state index contributed by atoms with van der Waals surface area (Å²) in [6, 6.07) is 16.4. The lowest BCUT2D eigenvalue weighted by atomic mass is 9.98. The van der Waals surface area contributed by atoms with Crippen molar-refractivity contribution in [1.29, 1.82) is 0 Å². The molecule has 5 nitrogen and oxygen atoms in total. The predicted molar refractivity (Wildman–Crippen MR) is 143 cm³/mol. The van der Waals surface area contributed by atoms with Crippen molar-refractivity contribution >= 4 is 22.7 Å². The van der Waals surface area contributed by atoms with Gasteiger partial charge in [-0.25, -0.2) is 0 Å². The van der Waals surface area contributed by atoms with Crippen molar-refractivity contribution in [2.45, 2.75) is 71.9 Å². The number of carboxylic acids is 1. The van der Waals surface area contributed by atoms with E-state index in [1.54, 1.807) is 12.2 Å². The maximum Gasteiger partial charge on any atom is 0.187 e. The van der Waals surface area contributed by atoms with Gasteiger partial charge in [0, 0.05) is 35.2 Å². The van der Waals surface area contributed by atoms with E-state index in [1.165, 1.54) is 11.1 Å². The number of hydrogen-bond acceptors (Lipinski definition) is 4. The van der Waals surface area contributed by atoms with E-state index in [9.17, 15) is 14.7 Å². The average Bonchev–Trinajstić information content (AvgIpc) is 3.22. The number of carbonyl (C=O) groups is 2. The van der Waals surface area contributed by atoms with E-state index in [4.69, 9.17) is 4.74 Å². The molecule has 1 atom stereocenters. The zero-order chi connectivity index (χ0) is 25.9. The smallest absolute Gasteiger partial charge is 0.187 e. The lowest BCUT2D eigenvalue weighted by molar-refractivity contribution is -0.305. The molecule has 36 heavy (non-hydrogen) atoms. The van der Waals surface area contributed by atoms with Crippen LogP contribution in [0.1, 0.15) is 80.5 Å². The van der Waals surface area contributed by atoms with Gasteiger partial charge < -0.3 is 19.2 Å². The molecule has 0 N–H and O–H groups in total. The van der Waals surface area contributed by atoms with Crippen LogP contribution >= 0.6 is 0 Å². The largest absolute Gasteiger partial charge is 0.550 e. The molecule has 3 aromatic rings. The highest BCUT2D eigenvalue weighted by atomic mass is 16.5. The number of aliphatic carboxylic acids is 1. The molecular formula is C31H38NO4-. The Hall–Kier alpha value is -3.18. The molecule has 1 aromatic heterocycles. The third kappa shape index (κ3) is 7.92. The number of para-hydroxylation sites is 1. The number of fused-ring (bicyclic) bond motifs is 1. The molecule has 1 unspecified atom stereocenters. The van der Waals surface area contributed by atoms with E-state index in [2.05, 4.69) is 45.0 Å². The SMILES string of the molecule is CCCCC(OC/C=C/C(=O)c1cn(CCCC(=O)[O-])c2ccccc12)c1ccc(CC(C)C)cc1. The molecule has 0 amide bonds. The van der Waals surface area contributed by atoms with Crippen molar-refractivity contribution in [1.82, 2.24) is 4.57 Å². The predicted octanol–water partition coefficient (Wildman–Crippen LogP) is 6.06. The van der Waals surface area contributed by atoms with Gasteiger partial charge in [0.25, 0.3) is 0 Å². The highest BCUT2D eigenvalue weighted by Crippen LogP contribution is 2.25. The number of aryl methyl sites for hydroxylation is 1. The van der Waals surface area contributed by atoms with Crippen molar-refractivity contribution in [3.8, 4) is 0 Å². The number of hydrogen-bond donors (Lipinski definition) is 0. The summed E-state index contributed by atoms with van der Waals surface area (Å²) < 4.78 is 8.14. The second-order valence-electron chi connectivity index (χ2n) is 9.80. The number of benzene rings is 2. The summed E-state index contributed by atoms with van der Waals surface area (Å²) in [6.07, 6.45) is 9.83. The standard InChI is InChI=1S/C31H39NO4/c1-4-5-13-30(25-17-15-24(16-18-25)21-23(2)3)36-20-9-12-29(33)27-22-32(19-8-14-31(34)35)28-11-7-6-10-26(27)28/h6-7,9-12,15-18,22-23,30H,4-5,8,13-14,19-21H2,1-3H3,(H,34,35)/p-1/b12-9+. The van der Waals surface area contributed by atoms with Crippen LogP contribution in [0.3, 0.4) is 0 Å². The summed E-state index contributed by atoms with van der Waals surface area (Å²) in [7, 11) is 0. The second kappa shape index (κ2) is 13.8. The fourth-order valence-electron chi connectivity index (χ4n) is 4.51. The topological polar surface area (TPSA) is 71.4 Å². The van der Waals surface area contributed by atoms with Crippen molar-refractivity contribution in [3.05, 3.63) is 83.6 Å². The van der Waals surface area contributed by atoms with Crippen LogP contribution in [-0.2, 0) is 22.5 Å². The Morgan fingerprint density at radius 3 is 2.50 bits per heavy atom. The highest BCUT2D eigenvalue weighted by molar-refractivity contribution is 6.13. The molecule has 0 aliphatic carbocycles. The maximum atomic E-state index is 13.0. The zero-order valence-corrected chi connectivity index (χ0v) is 21.7. The Morgan fingerprint density at radius 2 is 1.81 bits per heavy atom. The first-order chi connectivity index (χ1) is 17.4. The van der Waals surface area contributed by atoms with E-state index in [1.807, 2.05) is 35.0 Å². The van der Waals surface area contributed by atoms with E-state index >= 15 is 0 Å². The van der Waals surface area contributed by atoms with Gasteiger partial charge in [-0.15, -0.1) is 0 Å². The molecule has 2 aromatic carbocycles. The van der Waals surface area contributed by atoms with Crippen LogP contribution in [0.25, 0.3) is 10.9 Å². The number of ether oxygens (including phenoxy) is 1. The Morgan fingerprint density at radius 1 is 1.06 bits per heavy atom. The van der Waals surface area contributed by atoms with Gasteiger partial charge >= 0.3 is 0 Å². The number of carboxylic acid groups (broad SMARTS) is 1. The summed E-state index contributed by atoms with van der Waals surface area (Å²) in [6.45, 7) is 7.51. The van der Waals surface area contributed by atoms with Gasteiger partial charge in [0.1, 0.15) is 0 Å². The van der Waals surface area contributed by atoms with Gasteiger partial charge in [-0.05, 0) is 54.9 Å². The second-order valence-corrected chi connectivity index (χ2v) is 9.80. The molecule has 192 valence electrons. The third-order valence-electron chi connectivity index (χ3n) is 6.31. The van der Waals surface area contributed by atoms with E-state index in [0.717, 1.165) is 36.6 Å². The van der Waals surface area contributed by atoms with Crippen LogP contribution in [0.5, 0.6) is 0 Å². The number of allylic oxidation sites excluding steroid dienone is 1. The van der Waals surface area contributed by atoms with Crippen molar-refractivity contribution in [2.24, 2.45) is 5.92 Å². The first kappa shape index (κ1) is 27.4. The maximum absolute atomic E-state index is 13.0. The molecule has 0 bridgehead atoms. The average molecular weight is 489 g/mol. The molecule has 0 fully saturated rings. The number of aromatic nitrogens is 1. The lowest BCUT2D eigenvalue weighted by Crippen LogP contribution is -2.22. The molecule has 0 saturated carbocycles. The quantitative estimate of drug-likeness (QED) is 0.193. The Bertz CT molecular complexity index is 1160. The zero-order valence-electron chi connectivity index (χ0n) is 21.7. The van der Waals surface area contributed by atoms with Crippen LogP contribution in [-0.4, -0.2) is 22.9 Å². The number of nitrogens with zero attached hydrogens (tertiary/aromatic N) is 1. The normalized spacial score (nSPS) is 12.6. The Kier molecular flexibility index (Phi) is 10.5. The summed E-state index contributed by atoms with van der Waals surface area (Å²) >= 11 is 0. The molecule has 0 radical (unpaired) electrons. The molecule has 0 spiro atoms. The fourth-order valence-corrected chi connectivity index (χ4v) is 4.51. The van der Waals surface area contributed by atoms with Crippen molar-refractivity contribution in [2.75, 3.05) is 6.61 Å². The van der Waals surface area contributed by atoms with Crippen LogP contribution in [0, 0.1) is 5.92 Å². The van der Waals surface area contributed by atoms with Gasteiger partial charge in [-0.2, -0.15) is 0 Å². The third-order valence-corrected chi connectivity index (χ3v) is 6.31. The molecule has 3 rings (SSSR count). The number of ketones is 1. The number of unbranched alkanes of at least 4 members (excludes halogenated alkanes) is 1. The molecule has 0 aliphatic heterocycles. The Balaban J connectivity index is 1.65. The lowest BCUT2D eigenvalue weighted by Gasteiger charge is -2.18. The summed E-state index contributed by atoms with van der Waals surface area (Å²) in [5, 5.41) is 11.6. The fraction of sp³-hybridized carbons (Fsp3) is 0.419. The van der Waals surface area contributed by atoms with Gasteiger partial charge in [0.05, 0.1) is 12.7 Å². The van der Waals surface area contributed by atoms with E-state index in [0.29, 0.717) is 31.1 Å². The van der Waals surface area contributed by atoms with Crippen molar-refractivity contribution in [3.63, 3.8) is 0 Å². The van der Waals surface area contributed by atoms with Gasteiger partial charge in [-0.3, -0.25) is 4.79 Å². The minimum absolute atomic E-state index is 0.00319. The molecule has 5 heteroatoms. The van der Waals surface area contributed by atoms with Crippen LogP contribution in [0.4, 0.5) is 0 Å². The summed E-state index contributed by atoms with van der Waals surface area (Å²) in [5.74, 6) is -0.521. The minimum Gasteiger partial charge on any atom is -0.550 e. The Labute approximate surface area is 214 Å². The first-order valence-corrected chi connectivity index (χ1v) is 13.1. The van der Waals surface area contributed by atoms with Gasteiger partial charge in [0.2, 0.25) is 0 Å². The first-order valence-electron chi connectivity index (χ1n) is 13.1. The van der Waals surface area contributed by atoms with Gasteiger partial charge in [0.15, 0.2) is 5.78 Å². The summed E-state index contributed by atoms with van der Waals surface area (Å²) in [4.78, 5) is 23.8. The number of rotatable bonds is 15. The molecule has 0 saturated heterocycles. The highest BCUT2D eigenvalue weighted by Gasteiger charge is 2.14. The number of carbonyl (C=O) groups excluding carboxylic acids is 2. The molecular weight excluding hydrogens is 450 g/mol. The summed E-state index contributed by atoms with van der Waals surface area (Å²) in [5.41, 5.74) is 4.05. The van der Waals surface area contributed by atoms with E-state index in [-0.39, 0.29) is 18.3 Å². The monoisotopic (exact) mass is 488 g/mol. The van der Waals surface area contributed by atoms with Crippen LogP contribution in [0.2, 0.25) is 0 Å². The van der Waals surface area contributed by atoms with Gasteiger partial charge in [-0.1, -0.05) is 82.2 Å². The van der Waals surface area contributed by atoms with Crippen LogP contribution in [0.15, 0.2) is 66.9 Å². The van der Waals surface area contributed by atoms with Crippen molar-refractivity contribution < 1.29 is 19.4 Å². The van der Waals surface area contributed by atoms with E-state index < -0.39 is 5.97 Å².